The van der Waals surface area contributed by atoms with Crippen molar-refractivity contribution in [2.24, 2.45) is 0 Å². The lowest BCUT2D eigenvalue weighted by atomic mass is 10.2. The number of nitrogen functional groups attached to an aromatic ring is 1. The number of anilines is 1. The summed E-state index contributed by atoms with van der Waals surface area (Å²) in [6, 6.07) is 3.47. The van der Waals surface area contributed by atoms with Crippen LogP contribution in [0.4, 0.5) is 10.1 Å². The van der Waals surface area contributed by atoms with Crippen molar-refractivity contribution in [3.05, 3.63) is 23.3 Å². The molecule has 62 valence electrons. The van der Waals surface area contributed by atoms with E-state index in [0.29, 0.717) is 11.1 Å². The molecule has 2 aromatic rings. The highest BCUT2D eigenvalue weighted by Crippen LogP contribution is 2.31. The standard InChI is InChI=1S/C8H6FNS2/c9-7-4-1-2-12-6(4)3-5(10)8(7)11/h1-3,11H,10H2. The highest BCUT2D eigenvalue weighted by atomic mass is 32.1. The molecule has 0 aliphatic heterocycles. The van der Waals surface area contributed by atoms with Gasteiger partial charge in [-0.2, -0.15) is 0 Å². The van der Waals surface area contributed by atoms with E-state index in [1.807, 2.05) is 5.38 Å². The predicted molar refractivity (Wildman–Crippen MR) is 53.4 cm³/mol. The van der Waals surface area contributed by atoms with Gasteiger partial charge in [-0.3, -0.25) is 0 Å². The van der Waals surface area contributed by atoms with E-state index in [9.17, 15) is 4.39 Å². The Labute approximate surface area is 78.4 Å². The van der Waals surface area contributed by atoms with Gasteiger partial charge in [0.1, 0.15) is 5.82 Å². The highest BCUT2D eigenvalue weighted by molar-refractivity contribution is 7.80. The number of thiophene rings is 1. The van der Waals surface area contributed by atoms with Crippen LogP contribution < -0.4 is 5.73 Å². The van der Waals surface area contributed by atoms with E-state index in [-0.39, 0.29) is 10.7 Å². The number of hydrogen-bond donors (Lipinski definition) is 2. The third-order valence-corrected chi connectivity index (χ3v) is 3.02. The van der Waals surface area contributed by atoms with Gasteiger partial charge < -0.3 is 5.73 Å². The molecule has 0 amide bonds. The van der Waals surface area contributed by atoms with Crippen LogP contribution in [0.1, 0.15) is 0 Å². The quantitative estimate of drug-likeness (QED) is 0.495. The van der Waals surface area contributed by atoms with Crippen LogP contribution in [0.15, 0.2) is 22.4 Å². The number of fused-ring (bicyclic) bond motifs is 1. The number of thiol groups is 1. The fourth-order valence-electron chi connectivity index (χ4n) is 1.08. The second-order valence-electron chi connectivity index (χ2n) is 2.46. The summed E-state index contributed by atoms with van der Waals surface area (Å²) in [6.45, 7) is 0. The Hall–Kier alpha value is -0.740. The van der Waals surface area contributed by atoms with E-state index in [1.54, 1.807) is 12.1 Å². The Morgan fingerprint density at radius 3 is 3.00 bits per heavy atom. The topological polar surface area (TPSA) is 26.0 Å². The molecule has 0 saturated carbocycles. The summed E-state index contributed by atoms with van der Waals surface area (Å²) < 4.78 is 14.2. The molecule has 1 aromatic carbocycles. The van der Waals surface area contributed by atoms with Crippen LogP contribution in [0, 0.1) is 5.82 Å². The predicted octanol–water partition coefficient (Wildman–Crippen LogP) is 2.91. The van der Waals surface area contributed by atoms with Gasteiger partial charge in [0.15, 0.2) is 0 Å². The zero-order valence-corrected chi connectivity index (χ0v) is 7.75. The van der Waals surface area contributed by atoms with E-state index >= 15 is 0 Å². The van der Waals surface area contributed by atoms with Crippen LogP contribution in [0.5, 0.6) is 0 Å². The van der Waals surface area contributed by atoms with Crippen molar-refractivity contribution in [2.75, 3.05) is 5.73 Å². The Bertz CT molecular complexity index is 436. The third-order valence-electron chi connectivity index (χ3n) is 1.70. The van der Waals surface area contributed by atoms with Crippen LogP contribution in [-0.2, 0) is 0 Å². The third kappa shape index (κ3) is 0.990. The summed E-state index contributed by atoms with van der Waals surface area (Å²) in [5.74, 6) is -0.324. The summed E-state index contributed by atoms with van der Waals surface area (Å²) in [5, 5.41) is 2.43. The first kappa shape index (κ1) is 7.89. The molecule has 0 bridgehead atoms. The zero-order valence-electron chi connectivity index (χ0n) is 6.04. The van der Waals surface area contributed by atoms with Gasteiger partial charge in [-0.15, -0.1) is 24.0 Å². The van der Waals surface area contributed by atoms with Gasteiger partial charge in [-0.05, 0) is 17.5 Å². The van der Waals surface area contributed by atoms with E-state index in [2.05, 4.69) is 12.6 Å². The average molecular weight is 199 g/mol. The summed E-state index contributed by atoms with van der Waals surface area (Å²) in [6.07, 6.45) is 0. The first-order valence-corrected chi connectivity index (χ1v) is 4.67. The van der Waals surface area contributed by atoms with Crippen LogP contribution in [-0.4, -0.2) is 0 Å². The number of halogens is 1. The number of rotatable bonds is 0. The van der Waals surface area contributed by atoms with E-state index in [0.717, 1.165) is 4.70 Å². The van der Waals surface area contributed by atoms with Crippen molar-refractivity contribution in [3.8, 4) is 0 Å². The van der Waals surface area contributed by atoms with Gasteiger partial charge in [-0.1, -0.05) is 0 Å². The fourth-order valence-corrected chi connectivity index (χ4v) is 2.09. The maximum absolute atomic E-state index is 13.3. The molecule has 0 unspecified atom stereocenters. The molecule has 0 atom stereocenters. The smallest absolute Gasteiger partial charge is 0.147 e. The Kier molecular flexibility index (Phi) is 1.73. The average Bonchev–Trinajstić information content (AvgIpc) is 2.48. The number of hydrogen-bond acceptors (Lipinski definition) is 3. The van der Waals surface area contributed by atoms with Gasteiger partial charge >= 0.3 is 0 Å². The summed E-state index contributed by atoms with van der Waals surface area (Å²) >= 11 is 5.44. The fraction of sp³-hybridized carbons (Fsp3) is 0. The first-order chi connectivity index (χ1) is 5.70. The van der Waals surface area contributed by atoms with Gasteiger partial charge in [0.05, 0.1) is 4.90 Å². The molecule has 12 heavy (non-hydrogen) atoms. The Morgan fingerprint density at radius 1 is 1.50 bits per heavy atom. The Balaban J connectivity index is 2.94. The lowest BCUT2D eigenvalue weighted by Gasteiger charge is -2.00. The maximum Gasteiger partial charge on any atom is 0.147 e. The minimum atomic E-state index is -0.324. The van der Waals surface area contributed by atoms with Crippen LogP contribution in [0.3, 0.4) is 0 Å². The molecule has 1 aromatic heterocycles. The minimum Gasteiger partial charge on any atom is -0.398 e. The van der Waals surface area contributed by atoms with Crippen molar-refractivity contribution < 1.29 is 4.39 Å². The molecule has 0 spiro atoms. The Morgan fingerprint density at radius 2 is 2.25 bits per heavy atom. The maximum atomic E-state index is 13.3. The van der Waals surface area contributed by atoms with Crippen LogP contribution in [0.2, 0.25) is 0 Å². The van der Waals surface area contributed by atoms with Crippen molar-refractivity contribution in [1.82, 2.24) is 0 Å². The molecule has 1 nitrogen and oxygen atoms in total. The first-order valence-electron chi connectivity index (χ1n) is 3.34. The second-order valence-corrected chi connectivity index (χ2v) is 3.86. The molecule has 2 rings (SSSR count). The van der Waals surface area contributed by atoms with Crippen molar-refractivity contribution in [2.45, 2.75) is 4.90 Å². The van der Waals surface area contributed by atoms with E-state index < -0.39 is 0 Å². The van der Waals surface area contributed by atoms with Crippen molar-refractivity contribution in [3.63, 3.8) is 0 Å². The molecule has 0 aliphatic rings. The van der Waals surface area contributed by atoms with Gasteiger partial charge in [0.25, 0.3) is 0 Å². The van der Waals surface area contributed by atoms with Crippen molar-refractivity contribution in [1.29, 1.82) is 0 Å². The molecule has 1 heterocycles. The summed E-state index contributed by atoms with van der Waals surface area (Å²) in [7, 11) is 0. The van der Waals surface area contributed by atoms with Gasteiger partial charge in [0, 0.05) is 15.8 Å². The molecule has 0 fully saturated rings. The van der Waals surface area contributed by atoms with Crippen LogP contribution in [0.25, 0.3) is 10.1 Å². The van der Waals surface area contributed by atoms with Gasteiger partial charge in [0.2, 0.25) is 0 Å². The lowest BCUT2D eigenvalue weighted by molar-refractivity contribution is 0.617. The second kappa shape index (κ2) is 2.64. The lowest BCUT2D eigenvalue weighted by Crippen LogP contribution is -1.89. The summed E-state index contributed by atoms with van der Waals surface area (Å²) in [5.41, 5.74) is 5.93. The summed E-state index contributed by atoms with van der Waals surface area (Å²) in [4.78, 5) is 0.237. The SMILES string of the molecule is Nc1cc2sccc2c(F)c1S. The zero-order chi connectivity index (χ0) is 8.72. The van der Waals surface area contributed by atoms with Crippen LogP contribution >= 0.6 is 24.0 Å². The van der Waals surface area contributed by atoms with Gasteiger partial charge in [-0.25, -0.2) is 4.39 Å². The van der Waals surface area contributed by atoms with E-state index in [1.165, 1.54) is 11.3 Å². The molecular formula is C8H6FNS2. The molecule has 0 radical (unpaired) electrons. The molecule has 4 heteroatoms. The van der Waals surface area contributed by atoms with E-state index in [4.69, 9.17) is 5.73 Å². The number of benzene rings is 1. The molecular weight excluding hydrogens is 193 g/mol. The normalized spacial score (nSPS) is 10.8. The molecule has 0 saturated heterocycles. The monoisotopic (exact) mass is 199 g/mol. The minimum absolute atomic E-state index is 0.237. The largest absolute Gasteiger partial charge is 0.398 e. The molecule has 0 aliphatic carbocycles. The molecule has 2 N–H and O–H groups in total. The highest BCUT2D eigenvalue weighted by Gasteiger charge is 2.08. The number of nitrogens with two attached hydrogens (primary N) is 1. The van der Waals surface area contributed by atoms with Crippen molar-refractivity contribution >= 4 is 39.7 Å².